The van der Waals surface area contributed by atoms with Gasteiger partial charge in [-0.15, -0.1) is 0 Å². The summed E-state index contributed by atoms with van der Waals surface area (Å²) in [6.45, 7) is 9.78. The summed E-state index contributed by atoms with van der Waals surface area (Å²) in [5.41, 5.74) is 4.56. The molecule has 0 aromatic heterocycles. The third-order valence-corrected chi connectivity index (χ3v) is 4.70. The Morgan fingerprint density at radius 3 is 2.44 bits per heavy atom. The lowest BCUT2D eigenvalue weighted by atomic mass is 10.1. The zero-order valence-electron chi connectivity index (χ0n) is 15.2. The molecule has 4 heteroatoms. The fourth-order valence-electron chi connectivity index (χ4n) is 3.25. The van der Waals surface area contributed by atoms with Crippen molar-refractivity contribution in [3.8, 4) is 0 Å². The lowest BCUT2D eigenvalue weighted by molar-refractivity contribution is 0.0955. The lowest BCUT2D eigenvalue weighted by Gasteiger charge is -2.36. The SMILES string of the molecule is CCNC(=O)c1cccc(CN2CCN(c3ccc(C)cc3)CC2)c1. The summed E-state index contributed by atoms with van der Waals surface area (Å²) in [6, 6.07) is 16.7. The maximum absolute atomic E-state index is 12.0. The van der Waals surface area contributed by atoms with E-state index in [1.807, 2.05) is 25.1 Å². The molecule has 1 N–H and O–H groups in total. The Bertz CT molecular complexity index is 703. The van der Waals surface area contributed by atoms with Crippen LogP contribution in [0.3, 0.4) is 0 Å². The minimum Gasteiger partial charge on any atom is -0.369 e. The van der Waals surface area contributed by atoms with Crippen LogP contribution in [0, 0.1) is 6.92 Å². The maximum Gasteiger partial charge on any atom is 0.251 e. The number of hydrogen-bond acceptors (Lipinski definition) is 3. The first-order valence-electron chi connectivity index (χ1n) is 9.07. The zero-order valence-corrected chi connectivity index (χ0v) is 15.2. The molecule has 0 radical (unpaired) electrons. The molecule has 2 aromatic rings. The molecule has 0 bridgehead atoms. The number of rotatable bonds is 5. The normalized spacial score (nSPS) is 15.2. The molecule has 0 spiro atoms. The second-order valence-electron chi connectivity index (χ2n) is 6.66. The van der Waals surface area contributed by atoms with Gasteiger partial charge in [-0.3, -0.25) is 9.69 Å². The van der Waals surface area contributed by atoms with E-state index in [0.717, 1.165) is 38.3 Å². The summed E-state index contributed by atoms with van der Waals surface area (Å²) in [7, 11) is 0. The second-order valence-corrected chi connectivity index (χ2v) is 6.66. The molecule has 0 aliphatic carbocycles. The summed E-state index contributed by atoms with van der Waals surface area (Å²) < 4.78 is 0. The van der Waals surface area contributed by atoms with Crippen molar-refractivity contribution in [2.75, 3.05) is 37.6 Å². The van der Waals surface area contributed by atoms with E-state index in [-0.39, 0.29) is 5.91 Å². The number of nitrogens with zero attached hydrogens (tertiary/aromatic N) is 2. The van der Waals surface area contributed by atoms with Crippen LogP contribution in [0.1, 0.15) is 28.4 Å². The Kier molecular flexibility index (Phi) is 5.71. The molecule has 1 fully saturated rings. The van der Waals surface area contributed by atoms with Gasteiger partial charge in [-0.1, -0.05) is 29.8 Å². The molecule has 1 amide bonds. The molecule has 0 saturated carbocycles. The molecule has 25 heavy (non-hydrogen) atoms. The summed E-state index contributed by atoms with van der Waals surface area (Å²) in [5.74, 6) is 0.00791. The fourth-order valence-corrected chi connectivity index (χ4v) is 3.25. The van der Waals surface area contributed by atoms with E-state index in [0.29, 0.717) is 6.54 Å². The Balaban J connectivity index is 1.56. The summed E-state index contributed by atoms with van der Waals surface area (Å²) in [5, 5.41) is 2.86. The van der Waals surface area contributed by atoms with Gasteiger partial charge in [0.05, 0.1) is 0 Å². The van der Waals surface area contributed by atoms with Crippen molar-refractivity contribution in [3.05, 3.63) is 65.2 Å². The fraction of sp³-hybridized carbons (Fsp3) is 0.381. The van der Waals surface area contributed by atoms with Crippen LogP contribution in [0.4, 0.5) is 5.69 Å². The maximum atomic E-state index is 12.0. The number of benzene rings is 2. The Morgan fingerprint density at radius 2 is 1.76 bits per heavy atom. The van der Waals surface area contributed by atoms with Crippen molar-refractivity contribution >= 4 is 11.6 Å². The molecular formula is C21H27N3O. The number of aryl methyl sites for hydroxylation is 1. The molecule has 3 rings (SSSR count). The number of carbonyl (C=O) groups is 1. The van der Waals surface area contributed by atoms with Crippen LogP contribution in [0.25, 0.3) is 0 Å². The molecule has 132 valence electrons. The van der Waals surface area contributed by atoms with Crippen LogP contribution in [0.15, 0.2) is 48.5 Å². The van der Waals surface area contributed by atoms with Crippen LogP contribution < -0.4 is 10.2 Å². The third kappa shape index (κ3) is 4.60. The van der Waals surface area contributed by atoms with Gasteiger partial charge in [0.15, 0.2) is 0 Å². The van der Waals surface area contributed by atoms with Crippen molar-refractivity contribution in [2.45, 2.75) is 20.4 Å². The molecule has 4 nitrogen and oxygen atoms in total. The topological polar surface area (TPSA) is 35.6 Å². The highest BCUT2D eigenvalue weighted by Crippen LogP contribution is 2.18. The van der Waals surface area contributed by atoms with E-state index in [2.05, 4.69) is 52.4 Å². The van der Waals surface area contributed by atoms with E-state index in [1.165, 1.54) is 16.8 Å². The molecule has 0 unspecified atom stereocenters. The minimum atomic E-state index is 0.00791. The number of amides is 1. The highest BCUT2D eigenvalue weighted by molar-refractivity contribution is 5.94. The number of anilines is 1. The average molecular weight is 337 g/mol. The Labute approximate surface area is 150 Å². The largest absolute Gasteiger partial charge is 0.369 e. The number of nitrogens with one attached hydrogen (secondary N) is 1. The second kappa shape index (κ2) is 8.17. The van der Waals surface area contributed by atoms with Crippen LogP contribution >= 0.6 is 0 Å². The first kappa shape index (κ1) is 17.5. The van der Waals surface area contributed by atoms with Crippen molar-refractivity contribution in [1.82, 2.24) is 10.2 Å². The van der Waals surface area contributed by atoms with Crippen molar-refractivity contribution in [3.63, 3.8) is 0 Å². The number of hydrogen-bond donors (Lipinski definition) is 1. The smallest absolute Gasteiger partial charge is 0.251 e. The van der Waals surface area contributed by atoms with Gasteiger partial charge in [0, 0.05) is 50.5 Å². The quantitative estimate of drug-likeness (QED) is 0.911. The summed E-state index contributed by atoms with van der Waals surface area (Å²) >= 11 is 0. The molecule has 1 aliphatic rings. The first-order chi connectivity index (χ1) is 12.2. The molecule has 1 saturated heterocycles. The number of carbonyl (C=O) groups excluding carboxylic acids is 1. The van der Waals surface area contributed by atoms with E-state index < -0.39 is 0 Å². The van der Waals surface area contributed by atoms with E-state index in [1.54, 1.807) is 0 Å². The van der Waals surface area contributed by atoms with Gasteiger partial charge in [0.25, 0.3) is 5.91 Å². The van der Waals surface area contributed by atoms with Gasteiger partial charge in [0.2, 0.25) is 0 Å². The van der Waals surface area contributed by atoms with Crippen LogP contribution in [0.2, 0.25) is 0 Å². The van der Waals surface area contributed by atoms with Gasteiger partial charge >= 0.3 is 0 Å². The first-order valence-corrected chi connectivity index (χ1v) is 9.07. The van der Waals surface area contributed by atoms with E-state index >= 15 is 0 Å². The average Bonchev–Trinajstić information content (AvgIpc) is 2.64. The highest BCUT2D eigenvalue weighted by Gasteiger charge is 2.17. The van der Waals surface area contributed by atoms with Crippen molar-refractivity contribution < 1.29 is 4.79 Å². The third-order valence-electron chi connectivity index (χ3n) is 4.70. The van der Waals surface area contributed by atoms with Crippen LogP contribution in [0.5, 0.6) is 0 Å². The predicted octanol–water partition coefficient (Wildman–Crippen LogP) is 3.07. The lowest BCUT2D eigenvalue weighted by Crippen LogP contribution is -2.46. The summed E-state index contributed by atoms with van der Waals surface area (Å²) in [6.07, 6.45) is 0. The van der Waals surface area contributed by atoms with Gasteiger partial charge < -0.3 is 10.2 Å². The zero-order chi connectivity index (χ0) is 17.6. The van der Waals surface area contributed by atoms with Gasteiger partial charge in [-0.2, -0.15) is 0 Å². The van der Waals surface area contributed by atoms with Gasteiger partial charge in [-0.05, 0) is 43.7 Å². The standard InChI is InChI=1S/C21H27N3O/c1-3-22-21(25)19-6-4-5-18(15-19)16-23-11-13-24(14-12-23)20-9-7-17(2)8-10-20/h4-10,15H,3,11-14,16H2,1-2H3,(H,22,25). The van der Waals surface area contributed by atoms with Crippen molar-refractivity contribution in [2.24, 2.45) is 0 Å². The van der Waals surface area contributed by atoms with Crippen LogP contribution in [-0.4, -0.2) is 43.5 Å². The molecule has 0 atom stereocenters. The Morgan fingerprint density at radius 1 is 1.04 bits per heavy atom. The van der Waals surface area contributed by atoms with Gasteiger partial charge in [-0.25, -0.2) is 0 Å². The molecule has 2 aromatic carbocycles. The molecule has 1 heterocycles. The van der Waals surface area contributed by atoms with Crippen molar-refractivity contribution in [1.29, 1.82) is 0 Å². The van der Waals surface area contributed by atoms with Crippen LogP contribution in [-0.2, 0) is 6.54 Å². The summed E-state index contributed by atoms with van der Waals surface area (Å²) in [4.78, 5) is 16.9. The van der Waals surface area contributed by atoms with E-state index in [9.17, 15) is 4.79 Å². The minimum absolute atomic E-state index is 0.00791. The Hall–Kier alpha value is -2.33. The van der Waals surface area contributed by atoms with Gasteiger partial charge in [0.1, 0.15) is 0 Å². The molecular weight excluding hydrogens is 310 g/mol. The number of piperazine rings is 1. The van der Waals surface area contributed by atoms with E-state index in [4.69, 9.17) is 0 Å². The predicted molar refractivity (Wildman–Crippen MR) is 103 cm³/mol. The highest BCUT2D eigenvalue weighted by atomic mass is 16.1. The monoisotopic (exact) mass is 337 g/mol. The molecule has 1 aliphatic heterocycles.